The standard InChI is InChI=1S/C12H20N.C5H5.2C2H5O.Ti/c1-11(2,3)9-7-8-10(13-9)12(4,5)6;1-2-4-5-3-1;2*1-2-3;/h7,13H,1-6H3;1-3H,4H2;2*2H2,1H3;/q;;2*-1;+2. The van der Waals surface area contributed by atoms with Gasteiger partial charge in [-0.05, 0) is 0 Å². The summed E-state index contributed by atoms with van der Waals surface area (Å²) >= 11 is -3.33. The normalized spacial score (nSPS) is 15.8. The molecule has 1 aromatic rings. The summed E-state index contributed by atoms with van der Waals surface area (Å²) in [6.07, 6.45) is 7.52. The molecule has 1 heterocycles. The van der Waals surface area contributed by atoms with Gasteiger partial charge in [-0.3, -0.25) is 0 Å². The monoisotopic (exact) mass is 381 g/mol. The molecule has 140 valence electrons. The minimum atomic E-state index is -3.33. The first-order valence-electron chi connectivity index (χ1n) is 9.44. The van der Waals surface area contributed by atoms with Crippen LogP contribution in [-0.2, 0) is 34.8 Å². The Balaban J connectivity index is 2.73. The van der Waals surface area contributed by atoms with Crippen LogP contribution in [0, 0.1) is 0 Å². The fourth-order valence-electron chi connectivity index (χ4n) is 3.36. The van der Waals surface area contributed by atoms with Gasteiger partial charge in [-0.25, -0.2) is 0 Å². The van der Waals surface area contributed by atoms with Crippen LogP contribution < -0.4 is 3.87 Å². The van der Waals surface area contributed by atoms with Crippen molar-refractivity contribution in [2.45, 2.75) is 72.6 Å². The molecule has 1 aromatic heterocycles. The van der Waals surface area contributed by atoms with Crippen molar-refractivity contribution in [3.8, 4) is 0 Å². The maximum absolute atomic E-state index is 6.54. The second kappa shape index (κ2) is 7.56. The van der Waals surface area contributed by atoms with Crippen LogP contribution in [-0.4, -0.2) is 18.2 Å². The molecule has 1 N–H and O–H groups in total. The molecule has 1 aliphatic rings. The molecule has 25 heavy (non-hydrogen) atoms. The molecular formula is C21H35NO2Ti. The van der Waals surface area contributed by atoms with E-state index < -0.39 is 17.4 Å². The van der Waals surface area contributed by atoms with E-state index in [0.29, 0.717) is 13.2 Å². The number of rotatable bonds is 6. The fourth-order valence-corrected chi connectivity index (χ4v) is 9.18. The molecule has 4 heteroatoms. The summed E-state index contributed by atoms with van der Waals surface area (Å²) in [7, 11) is 0. The number of aromatic amines is 1. The van der Waals surface area contributed by atoms with Crippen LogP contribution in [0.3, 0.4) is 0 Å². The van der Waals surface area contributed by atoms with Gasteiger partial charge in [0, 0.05) is 0 Å². The summed E-state index contributed by atoms with van der Waals surface area (Å²) in [5, 5.41) is 0. The first kappa shape index (κ1) is 20.7. The van der Waals surface area contributed by atoms with Crippen molar-refractivity contribution in [1.29, 1.82) is 0 Å². The van der Waals surface area contributed by atoms with Gasteiger partial charge >= 0.3 is 158 Å². The van der Waals surface area contributed by atoms with Crippen molar-refractivity contribution in [3.63, 3.8) is 0 Å². The first-order valence-corrected chi connectivity index (χ1v) is 12.3. The Hall–Kier alpha value is -0.606. The van der Waals surface area contributed by atoms with Crippen molar-refractivity contribution in [1.82, 2.24) is 4.98 Å². The molecule has 0 spiro atoms. The SMILES string of the molecule is CC[O][Ti]([O]CC)([C]1=CC=CC1)[c]1cc(C(C)(C)C)[nH]c1C(C)(C)C. The van der Waals surface area contributed by atoms with E-state index in [1.165, 1.54) is 19.1 Å². The van der Waals surface area contributed by atoms with Gasteiger partial charge in [0.05, 0.1) is 0 Å². The van der Waals surface area contributed by atoms with E-state index >= 15 is 0 Å². The topological polar surface area (TPSA) is 34.2 Å². The molecule has 0 radical (unpaired) electrons. The van der Waals surface area contributed by atoms with E-state index in [1.807, 2.05) is 0 Å². The molecule has 0 saturated heterocycles. The van der Waals surface area contributed by atoms with Crippen LogP contribution in [0.4, 0.5) is 0 Å². The average Bonchev–Trinajstić information content (AvgIpc) is 3.15. The molecule has 3 nitrogen and oxygen atoms in total. The van der Waals surface area contributed by atoms with Gasteiger partial charge in [-0.2, -0.15) is 0 Å². The van der Waals surface area contributed by atoms with Crippen molar-refractivity contribution >= 4 is 3.87 Å². The zero-order valence-corrected chi connectivity index (χ0v) is 18.8. The molecule has 0 fully saturated rings. The second-order valence-electron chi connectivity index (χ2n) is 8.78. The summed E-state index contributed by atoms with van der Waals surface area (Å²) in [5.41, 5.74) is 2.60. The zero-order chi connectivity index (χ0) is 18.9. The molecule has 0 unspecified atom stereocenters. The van der Waals surface area contributed by atoms with E-state index in [4.69, 9.17) is 6.64 Å². The number of hydrogen-bond donors (Lipinski definition) is 1. The molecule has 1 aliphatic carbocycles. The molecule has 0 atom stereocenters. The third-order valence-electron chi connectivity index (χ3n) is 4.62. The first-order chi connectivity index (χ1) is 11.6. The third kappa shape index (κ3) is 4.22. The summed E-state index contributed by atoms with van der Waals surface area (Å²) < 4.78 is 15.7. The van der Waals surface area contributed by atoms with Crippen molar-refractivity contribution < 1.29 is 24.0 Å². The number of hydrogen-bond acceptors (Lipinski definition) is 2. The van der Waals surface area contributed by atoms with E-state index in [1.54, 1.807) is 0 Å². The summed E-state index contributed by atoms with van der Waals surface area (Å²) in [6, 6.07) is 2.34. The zero-order valence-electron chi connectivity index (χ0n) is 17.2. The Morgan fingerprint density at radius 2 is 1.60 bits per heavy atom. The Bertz CT molecular complexity index is 650. The Kier molecular flexibility index (Phi) is 6.26. The van der Waals surface area contributed by atoms with Crippen LogP contribution in [0.1, 0.15) is 73.2 Å². The van der Waals surface area contributed by atoms with Gasteiger partial charge in [-0.1, -0.05) is 0 Å². The second-order valence-corrected chi connectivity index (χ2v) is 13.4. The predicted molar refractivity (Wildman–Crippen MR) is 103 cm³/mol. The van der Waals surface area contributed by atoms with Crippen molar-refractivity contribution in [2.75, 3.05) is 13.2 Å². The van der Waals surface area contributed by atoms with E-state index in [0.717, 1.165) is 6.42 Å². The predicted octanol–water partition coefficient (Wildman–Crippen LogP) is 5.14. The number of H-pyrrole nitrogens is 1. The van der Waals surface area contributed by atoms with E-state index in [2.05, 4.69) is 84.7 Å². The number of aromatic nitrogens is 1. The molecule has 0 aromatic carbocycles. The van der Waals surface area contributed by atoms with Gasteiger partial charge in [0.25, 0.3) is 0 Å². The Morgan fingerprint density at radius 3 is 2.00 bits per heavy atom. The molecule has 0 saturated carbocycles. The Morgan fingerprint density at radius 1 is 1.00 bits per heavy atom. The van der Waals surface area contributed by atoms with E-state index in [9.17, 15) is 0 Å². The summed E-state index contributed by atoms with van der Waals surface area (Å²) in [6.45, 7) is 19.1. The van der Waals surface area contributed by atoms with Crippen LogP contribution in [0.5, 0.6) is 0 Å². The summed E-state index contributed by atoms with van der Waals surface area (Å²) in [5.74, 6) is 0. The van der Waals surface area contributed by atoms with Crippen LogP contribution in [0.25, 0.3) is 0 Å². The molecule has 2 rings (SSSR count). The number of nitrogens with one attached hydrogen (secondary N) is 1. The van der Waals surface area contributed by atoms with E-state index in [-0.39, 0.29) is 10.8 Å². The van der Waals surface area contributed by atoms with Gasteiger partial charge in [0.15, 0.2) is 0 Å². The van der Waals surface area contributed by atoms with Gasteiger partial charge in [0.1, 0.15) is 0 Å². The van der Waals surface area contributed by atoms with Gasteiger partial charge in [-0.15, -0.1) is 0 Å². The molecular weight excluding hydrogens is 346 g/mol. The van der Waals surface area contributed by atoms with Crippen molar-refractivity contribution in [3.05, 3.63) is 39.6 Å². The quantitative estimate of drug-likeness (QED) is 0.693. The minimum absolute atomic E-state index is 0.0100. The Labute approximate surface area is 158 Å². The molecule has 0 amide bonds. The van der Waals surface area contributed by atoms with Gasteiger partial charge < -0.3 is 0 Å². The van der Waals surface area contributed by atoms with Crippen LogP contribution >= 0.6 is 0 Å². The molecule has 0 bridgehead atoms. The van der Waals surface area contributed by atoms with Crippen molar-refractivity contribution in [2.24, 2.45) is 0 Å². The van der Waals surface area contributed by atoms with Crippen LogP contribution in [0.15, 0.2) is 28.2 Å². The molecule has 0 aliphatic heterocycles. The maximum atomic E-state index is 6.54. The fraction of sp³-hybridized carbons (Fsp3) is 0.619. The van der Waals surface area contributed by atoms with Gasteiger partial charge in [0.2, 0.25) is 0 Å². The average molecular weight is 381 g/mol. The third-order valence-corrected chi connectivity index (χ3v) is 10.4. The van der Waals surface area contributed by atoms with Crippen LogP contribution in [0.2, 0.25) is 0 Å². The summed E-state index contributed by atoms with van der Waals surface area (Å²) in [4.78, 5) is 3.75. The number of allylic oxidation sites excluding steroid dienone is 4.